The van der Waals surface area contributed by atoms with Crippen molar-refractivity contribution >= 4 is 23.5 Å². The first kappa shape index (κ1) is 8.93. The van der Waals surface area contributed by atoms with E-state index in [9.17, 15) is 0 Å². The van der Waals surface area contributed by atoms with Gasteiger partial charge in [-0.2, -0.15) is 0 Å². The van der Waals surface area contributed by atoms with Crippen LogP contribution in [0.1, 0.15) is 25.7 Å². The van der Waals surface area contributed by atoms with Crippen LogP contribution in [0.15, 0.2) is 0 Å². The molecule has 2 N–H and O–H groups in total. The summed E-state index contributed by atoms with van der Waals surface area (Å²) in [5.74, 6) is 4.57. The molecular formula is C10H17NS2. The fourth-order valence-corrected chi connectivity index (χ4v) is 7.29. The predicted octanol–water partition coefficient (Wildman–Crippen LogP) is 2.31. The Morgan fingerprint density at radius 2 is 1.92 bits per heavy atom. The van der Waals surface area contributed by atoms with Crippen molar-refractivity contribution < 1.29 is 0 Å². The molecular weight excluding hydrogens is 198 g/mol. The highest BCUT2D eigenvalue weighted by molar-refractivity contribution is 8.18. The maximum absolute atomic E-state index is 6.20. The zero-order valence-corrected chi connectivity index (χ0v) is 9.50. The highest BCUT2D eigenvalue weighted by Gasteiger charge is 2.55. The van der Waals surface area contributed by atoms with Gasteiger partial charge in [-0.25, -0.2) is 0 Å². The second-order valence-corrected chi connectivity index (χ2v) is 7.78. The third kappa shape index (κ3) is 1.27. The minimum absolute atomic E-state index is 0.525. The van der Waals surface area contributed by atoms with Crippen LogP contribution in [0.5, 0.6) is 0 Å². The fraction of sp³-hybridized carbons (Fsp3) is 1.00. The highest BCUT2D eigenvalue weighted by Crippen LogP contribution is 2.63. The molecule has 1 heterocycles. The summed E-state index contributed by atoms with van der Waals surface area (Å²) in [7, 11) is 0. The third-order valence-electron chi connectivity index (χ3n) is 3.83. The lowest BCUT2D eigenvalue weighted by Crippen LogP contribution is -2.42. The second-order valence-electron chi connectivity index (χ2n) is 4.67. The number of fused-ring (bicyclic) bond motifs is 3. The first-order valence-electron chi connectivity index (χ1n) is 5.34. The Hall–Kier alpha value is 0.660. The summed E-state index contributed by atoms with van der Waals surface area (Å²) >= 11 is 4.45. The Labute approximate surface area is 88.6 Å². The van der Waals surface area contributed by atoms with Crippen LogP contribution in [-0.4, -0.2) is 21.6 Å². The van der Waals surface area contributed by atoms with Crippen LogP contribution in [0.4, 0.5) is 0 Å². The highest BCUT2D eigenvalue weighted by atomic mass is 32.2. The molecule has 1 saturated heterocycles. The quantitative estimate of drug-likeness (QED) is 0.671. The number of rotatable bonds is 0. The molecule has 3 rings (SSSR count). The molecule has 0 aromatic heterocycles. The van der Waals surface area contributed by atoms with E-state index >= 15 is 0 Å². The summed E-state index contributed by atoms with van der Waals surface area (Å²) in [6.45, 7) is 0. The van der Waals surface area contributed by atoms with Gasteiger partial charge in [-0.1, -0.05) is 0 Å². The normalized spacial score (nSPS) is 47.3. The molecule has 2 bridgehead atoms. The molecule has 74 valence electrons. The van der Waals surface area contributed by atoms with Crippen molar-refractivity contribution in [2.45, 2.75) is 35.8 Å². The van der Waals surface area contributed by atoms with Crippen molar-refractivity contribution in [3.8, 4) is 0 Å². The zero-order chi connectivity index (χ0) is 8.89. The van der Waals surface area contributed by atoms with Gasteiger partial charge in [0.15, 0.2) is 0 Å². The molecule has 1 aliphatic heterocycles. The molecule has 0 aromatic rings. The minimum Gasteiger partial charge on any atom is -0.327 e. The maximum Gasteiger partial charge on any atom is 0.0656 e. The van der Waals surface area contributed by atoms with Crippen LogP contribution < -0.4 is 5.73 Å². The molecule has 3 fully saturated rings. The van der Waals surface area contributed by atoms with E-state index in [1.807, 2.05) is 0 Å². The van der Waals surface area contributed by atoms with Crippen molar-refractivity contribution in [3.05, 3.63) is 0 Å². The van der Waals surface area contributed by atoms with Gasteiger partial charge in [0.25, 0.3) is 0 Å². The molecule has 3 aliphatic rings. The fourth-order valence-electron chi connectivity index (χ4n) is 3.33. The monoisotopic (exact) mass is 215 g/mol. The van der Waals surface area contributed by atoms with E-state index in [1.165, 1.54) is 37.2 Å². The smallest absolute Gasteiger partial charge is 0.0656 e. The van der Waals surface area contributed by atoms with E-state index in [0.29, 0.717) is 10.1 Å². The Bertz CT molecular complexity index is 213. The van der Waals surface area contributed by atoms with Gasteiger partial charge in [0.1, 0.15) is 0 Å². The lowest BCUT2D eigenvalue weighted by atomic mass is 9.95. The van der Waals surface area contributed by atoms with Crippen LogP contribution in [0, 0.1) is 11.8 Å². The first-order chi connectivity index (χ1) is 6.30. The Balaban J connectivity index is 1.83. The van der Waals surface area contributed by atoms with Crippen molar-refractivity contribution in [2.75, 3.05) is 11.5 Å². The molecule has 0 unspecified atom stereocenters. The van der Waals surface area contributed by atoms with Crippen LogP contribution in [0.3, 0.4) is 0 Å². The lowest BCUT2D eigenvalue weighted by Gasteiger charge is -2.42. The summed E-state index contributed by atoms with van der Waals surface area (Å²) in [6.07, 6.45) is 5.61. The number of hydrogen-bond donors (Lipinski definition) is 1. The molecule has 0 amide bonds. The van der Waals surface area contributed by atoms with E-state index < -0.39 is 0 Å². The van der Waals surface area contributed by atoms with Crippen molar-refractivity contribution in [2.24, 2.45) is 17.6 Å². The summed E-state index contributed by atoms with van der Waals surface area (Å²) < 4.78 is 0.570. The molecule has 2 saturated carbocycles. The second kappa shape index (κ2) is 3.07. The molecule has 2 aliphatic carbocycles. The summed E-state index contributed by atoms with van der Waals surface area (Å²) in [5.41, 5.74) is 6.20. The molecule has 0 aromatic carbocycles. The van der Waals surface area contributed by atoms with Crippen LogP contribution >= 0.6 is 23.5 Å². The van der Waals surface area contributed by atoms with Crippen molar-refractivity contribution in [1.82, 2.24) is 0 Å². The molecule has 1 spiro atoms. The van der Waals surface area contributed by atoms with Crippen LogP contribution in [-0.2, 0) is 0 Å². The van der Waals surface area contributed by atoms with Crippen LogP contribution in [0.25, 0.3) is 0 Å². The average Bonchev–Trinajstić information content (AvgIpc) is 2.62. The van der Waals surface area contributed by atoms with Crippen molar-refractivity contribution in [3.63, 3.8) is 0 Å². The number of thioether (sulfide) groups is 2. The first-order valence-corrected chi connectivity index (χ1v) is 7.31. The Morgan fingerprint density at radius 3 is 2.54 bits per heavy atom. The van der Waals surface area contributed by atoms with Gasteiger partial charge in [0.05, 0.1) is 4.08 Å². The van der Waals surface area contributed by atoms with E-state index in [0.717, 1.165) is 11.8 Å². The van der Waals surface area contributed by atoms with E-state index in [1.54, 1.807) is 0 Å². The number of hydrogen-bond acceptors (Lipinski definition) is 3. The van der Waals surface area contributed by atoms with E-state index in [2.05, 4.69) is 23.5 Å². The molecule has 0 radical (unpaired) electrons. The topological polar surface area (TPSA) is 26.0 Å². The summed E-state index contributed by atoms with van der Waals surface area (Å²) in [6, 6.07) is 0.525. The van der Waals surface area contributed by atoms with E-state index in [4.69, 9.17) is 5.73 Å². The number of nitrogens with two attached hydrogens (primary N) is 1. The largest absolute Gasteiger partial charge is 0.327 e. The summed E-state index contributed by atoms with van der Waals surface area (Å²) in [5, 5.41) is 0. The van der Waals surface area contributed by atoms with E-state index in [-0.39, 0.29) is 0 Å². The maximum atomic E-state index is 6.20. The Kier molecular flexibility index (Phi) is 2.11. The lowest BCUT2D eigenvalue weighted by molar-refractivity contribution is 0.406. The molecule has 3 heteroatoms. The van der Waals surface area contributed by atoms with Gasteiger partial charge in [-0.05, 0) is 49.0 Å². The molecule has 3 atom stereocenters. The van der Waals surface area contributed by atoms with Gasteiger partial charge in [-0.3, -0.25) is 0 Å². The molecule has 1 nitrogen and oxygen atoms in total. The molecule has 13 heavy (non-hydrogen) atoms. The van der Waals surface area contributed by atoms with Gasteiger partial charge in [-0.15, -0.1) is 23.5 Å². The van der Waals surface area contributed by atoms with Crippen molar-refractivity contribution in [1.29, 1.82) is 0 Å². The van der Waals surface area contributed by atoms with Gasteiger partial charge in [0.2, 0.25) is 0 Å². The average molecular weight is 215 g/mol. The summed E-state index contributed by atoms with van der Waals surface area (Å²) in [4.78, 5) is 0. The van der Waals surface area contributed by atoms with Gasteiger partial charge in [0, 0.05) is 6.04 Å². The SMILES string of the molecule is N[C@H]1C[C@H]2C[C@H]1C1(C2)SCCCS1. The van der Waals surface area contributed by atoms with Gasteiger partial charge < -0.3 is 5.73 Å². The zero-order valence-electron chi connectivity index (χ0n) is 7.87. The predicted molar refractivity (Wildman–Crippen MR) is 61.1 cm³/mol. The van der Waals surface area contributed by atoms with Gasteiger partial charge >= 0.3 is 0 Å². The third-order valence-corrected chi connectivity index (χ3v) is 7.44. The minimum atomic E-state index is 0.525. The standard InChI is InChI=1S/C10H17NS2/c11-9-5-7-4-8(9)10(6-7)12-2-1-3-13-10/h7-9H,1-6,11H2/t7-,8-,9+/m1/s1. The Morgan fingerprint density at radius 1 is 1.15 bits per heavy atom. The van der Waals surface area contributed by atoms with Crippen LogP contribution in [0.2, 0.25) is 0 Å².